The van der Waals surface area contributed by atoms with Crippen LogP contribution in [-0.4, -0.2) is 57.9 Å². The largest absolute Gasteiger partial charge is 0.455 e. The normalized spacial score (nSPS) is 22.7. The molecule has 0 aromatic carbocycles. The number of carbonyl (C=O) groups is 1. The third-order valence-electron chi connectivity index (χ3n) is 9.25. The van der Waals surface area contributed by atoms with Gasteiger partial charge in [-0.05, 0) is 83.6 Å². The first kappa shape index (κ1) is 38.0. The van der Waals surface area contributed by atoms with Gasteiger partial charge in [0.1, 0.15) is 6.10 Å². The molecular formula is C37H66O6. The number of allylic oxidation sites excluding steroid dienone is 2. The fraction of sp³-hybridized carbons (Fsp3) is 0.865. The highest BCUT2D eigenvalue weighted by molar-refractivity contribution is 5.90. The average Bonchev–Trinajstić information content (AvgIpc) is 3.60. The molecule has 2 unspecified atom stereocenters. The number of esters is 1. The van der Waals surface area contributed by atoms with Crippen molar-refractivity contribution in [2.24, 2.45) is 0 Å². The lowest BCUT2D eigenvalue weighted by molar-refractivity contribution is -0.139. The molecule has 1 saturated heterocycles. The Kier molecular flexibility index (Phi) is 21.3. The van der Waals surface area contributed by atoms with Crippen LogP contribution >= 0.6 is 0 Å². The second-order valence-electron chi connectivity index (χ2n) is 13.3. The fourth-order valence-corrected chi connectivity index (χ4v) is 6.44. The highest BCUT2D eigenvalue weighted by atomic mass is 16.5. The van der Waals surface area contributed by atoms with E-state index in [1.807, 2.05) is 13.0 Å². The first-order chi connectivity index (χ1) is 20.9. The van der Waals surface area contributed by atoms with Gasteiger partial charge < -0.3 is 24.8 Å². The topological polar surface area (TPSA) is 96.2 Å². The van der Waals surface area contributed by atoms with E-state index in [9.17, 15) is 20.1 Å². The molecule has 0 aromatic rings. The van der Waals surface area contributed by atoms with Crippen molar-refractivity contribution in [3.63, 3.8) is 0 Å². The maximum atomic E-state index is 11.6. The number of hydrogen-bond acceptors (Lipinski definition) is 6. The van der Waals surface area contributed by atoms with Crippen LogP contribution in [0.15, 0.2) is 23.8 Å². The SMILES string of the molecule is CCCCC/C=C\CCC(O)C(O)CCCC[C@@H](O)[C@@H]1CC[C@@H](CCCCCCCCCCCCC2=C[C@H](C)OC2=O)O1. The molecule has 6 atom stereocenters. The van der Waals surface area contributed by atoms with E-state index in [-0.39, 0.29) is 18.2 Å². The van der Waals surface area contributed by atoms with Crippen LogP contribution in [0.4, 0.5) is 0 Å². The summed E-state index contributed by atoms with van der Waals surface area (Å²) in [5.74, 6) is -0.117. The summed E-state index contributed by atoms with van der Waals surface area (Å²) >= 11 is 0. The molecule has 0 spiro atoms. The summed E-state index contributed by atoms with van der Waals surface area (Å²) in [4.78, 5) is 11.6. The van der Waals surface area contributed by atoms with Gasteiger partial charge >= 0.3 is 5.97 Å². The number of hydrogen-bond donors (Lipinski definition) is 3. The van der Waals surface area contributed by atoms with E-state index in [1.165, 1.54) is 77.0 Å². The van der Waals surface area contributed by atoms with Crippen molar-refractivity contribution in [1.29, 1.82) is 0 Å². The van der Waals surface area contributed by atoms with Crippen molar-refractivity contribution < 1.29 is 29.6 Å². The smallest absolute Gasteiger partial charge is 0.334 e. The van der Waals surface area contributed by atoms with Gasteiger partial charge in [-0.25, -0.2) is 4.79 Å². The third kappa shape index (κ3) is 17.8. The number of aliphatic hydroxyl groups excluding tert-OH is 3. The summed E-state index contributed by atoms with van der Waals surface area (Å²) in [6.07, 6.45) is 30.4. The van der Waals surface area contributed by atoms with Gasteiger partial charge in [-0.15, -0.1) is 0 Å². The molecule has 0 aromatic heterocycles. The van der Waals surface area contributed by atoms with Crippen LogP contribution in [0.5, 0.6) is 0 Å². The number of cyclic esters (lactones) is 1. The number of carbonyl (C=O) groups excluding carboxylic acids is 1. The lowest BCUT2D eigenvalue weighted by Crippen LogP contribution is -2.27. The van der Waals surface area contributed by atoms with E-state index < -0.39 is 18.3 Å². The standard InChI is InChI=1S/C37H66O6/c1-3-4-5-6-11-16-19-24-33(38)34(39)25-20-21-26-35(40)36-28-27-32(43-36)23-18-15-13-10-8-7-9-12-14-17-22-31-29-30(2)42-37(31)41/h11,16,29-30,32-36,38-40H,3-10,12-15,17-28H2,1-2H3/b16-11-/t30-,32+,33?,34?,35+,36-/m0/s1. The minimum absolute atomic E-state index is 0.0445. The summed E-state index contributed by atoms with van der Waals surface area (Å²) in [6.45, 7) is 4.12. The van der Waals surface area contributed by atoms with Gasteiger partial charge in [0.25, 0.3) is 0 Å². The Balaban J connectivity index is 1.36. The molecule has 6 nitrogen and oxygen atoms in total. The first-order valence-electron chi connectivity index (χ1n) is 18.2. The van der Waals surface area contributed by atoms with E-state index >= 15 is 0 Å². The monoisotopic (exact) mass is 606 g/mol. The molecule has 0 saturated carbocycles. The van der Waals surface area contributed by atoms with Crippen LogP contribution in [0.3, 0.4) is 0 Å². The van der Waals surface area contributed by atoms with E-state index in [0.717, 1.165) is 63.4 Å². The molecule has 0 amide bonds. The Morgan fingerprint density at radius 2 is 1.40 bits per heavy atom. The van der Waals surface area contributed by atoms with Crippen molar-refractivity contribution >= 4 is 5.97 Å². The van der Waals surface area contributed by atoms with Crippen molar-refractivity contribution in [2.45, 2.75) is 205 Å². The Bertz CT molecular complexity index is 764. The van der Waals surface area contributed by atoms with Crippen LogP contribution in [0, 0.1) is 0 Å². The second-order valence-corrected chi connectivity index (χ2v) is 13.3. The number of unbranched alkanes of at least 4 members (excludes halogenated alkanes) is 13. The zero-order chi connectivity index (χ0) is 31.1. The predicted molar refractivity (Wildman–Crippen MR) is 176 cm³/mol. The number of rotatable bonds is 27. The van der Waals surface area contributed by atoms with E-state index in [2.05, 4.69) is 19.1 Å². The van der Waals surface area contributed by atoms with Gasteiger partial charge in [0.2, 0.25) is 0 Å². The molecule has 250 valence electrons. The number of ether oxygens (including phenoxy) is 2. The van der Waals surface area contributed by atoms with Crippen molar-refractivity contribution in [3.8, 4) is 0 Å². The molecule has 3 N–H and O–H groups in total. The second kappa shape index (κ2) is 24.1. The summed E-state index contributed by atoms with van der Waals surface area (Å²) in [5, 5.41) is 31.1. The molecule has 2 rings (SSSR count). The molecule has 1 fully saturated rings. The Morgan fingerprint density at radius 1 is 0.767 bits per heavy atom. The van der Waals surface area contributed by atoms with Crippen molar-refractivity contribution in [2.75, 3.05) is 0 Å². The molecule has 43 heavy (non-hydrogen) atoms. The van der Waals surface area contributed by atoms with Crippen LogP contribution in [0.1, 0.15) is 168 Å². The van der Waals surface area contributed by atoms with Gasteiger partial charge in [-0.2, -0.15) is 0 Å². The van der Waals surface area contributed by atoms with Crippen LogP contribution < -0.4 is 0 Å². The van der Waals surface area contributed by atoms with E-state index in [1.54, 1.807) is 0 Å². The summed E-state index contributed by atoms with van der Waals surface area (Å²) in [7, 11) is 0. The molecule has 2 heterocycles. The maximum Gasteiger partial charge on any atom is 0.334 e. The van der Waals surface area contributed by atoms with Crippen LogP contribution in [0.2, 0.25) is 0 Å². The Morgan fingerprint density at radius 3 is 2.07 bits per heavy atom. The molecule has 6 heteroatoms. The van der Waals surface area contributed by atoms with Gasteiger partial charge in [0.15, 0.2) is 0 Å². The van der Waals surface area contributed by atoms with Crippen molar-refractivity contribution in [3.05, 3.63) is 23.8 Å². The molecule has 0 radical (unpaired) electrons. The maximum absolute atomic E-state index is 11.6. The lowest BCUT2D eigenvalue weighted by Gasteiger charge is -2.20. The molecule has 0 bridgehead atoms. The number of aliphatic hydroxyl groups is 3. The van der Waals surface area contributed by atoms with Gasteiger partial charge in [-0.1, -0.05) is 103 Å². The minimum Gasteiger partial charge on any atom is -0.455 e. The highest BCUT2D eigenvalue weighted by Crippen LogP contribution is 2.28. The highest BCUT2D eigenvalue weighted by Gasteiger charge is 2.30. The summed E-state index contributed by atoms with van der Waals surface area (Å²) in [6, 6.07) is 0. The Labute approximate surface area is 263 Å². The molecule has 0 aliphatic carbocycles. The summed E-state index contributed by atoms with van der Waals surface area (Å²) < 4.78 is 11.3. The lowest BCUT2D eigenvalue weighted by atomic mass is 9.99. The van der Waals surface area contributed by atoms with Crippen LogP contribution in [0.25, 0.3) is 0 Å². The Hall–Kier alpha value is -1.21. The quantitative estimate of drug-likeness (QED) is 0.0492. The summed E-state index contributed by atoms with van der Waals surface area (Å²) in [5.41, 5.74) is 0.870. The van der Waals surface area contributed by atoms with Gasteiger partial charge in [0.05, 0.1) is 30.5 Å². The average molecular weight is 607 g/mol. The zero-order valence-electron chi connectivity index (χ0n) is 27.7. The van der Waals surface area contributed by atoms with E-state index in [0.29, 0.717) is 25.4 Å². The third-order valence-corrected chi connectivity index (χ3v) is 9.25. The van der Waals surface area contributed by atoms with Crippen LogP contribution in [-0.2, 0) is 14.3 Å². The molecule has 2 aliphatic heterocycles. The van der Waals surface area contributed by atoms with E-state index in [4.69, 9.17) is 9.47 Å². The minimum atomic E-state index is -0.679. The molecular weight excluding hydrogens is 540 g/mol. The van der Waals surface area contributed by atoms with Crippen molar-refractivity contribution in [1.82, 2.24) is 0 Å². The predicted octanol–water partition coefficient (Wildman–Crippen LogP) is 8.65. The van der Waals surface area contributed by atoms with Gasteiger partial charge in [-0.3, -0.25) is 0 Å². The molecule has 2 aliphatic rings. The zero-order valence-corrected chi connectivity index (χ0v) is 27.7. The fourth-order valence-electron chi connectivity index (χ4n) is 6.44. The first-order valence-corrected chi connectivity index (χ1v) is 18.2. The van der Waals surface area contributed by atoms with Gasteiger partial charge in [0, 0.05) is 5.57 Å².